The Labute approximate surface area is 104 Å². The highest BCUT2D eigenvalue weighted by Crippen LogP contribution is 2.33. The standard InChI is InChI=1S/C7H7F2IN2O3S/c1-15-5-4(10)3(6(8)9)2-12-7(5)16(11,13)14/h2,6H,1H3,(H2,11,13,14). The first kappa shape index (κ1) is 13.5. The summed E-state index contributed by atoms with van der Waals surface area (Å²) in [5.74, 6) is -0.263. The second-order valence-electron chi connectivity index (χ2n) is 2.71. The molecule has 0 aliphatic carbocycles. The number of hydrogen-bond donors (Lipinski definition) is 1. The second-order valence-corrected chi connectivity index (χ2v) is 5.27. The summed E-state index contributed by atoms with van der Waals surface area (Å²) in [5, 5.41) is 4.32. The molecule has 0 atom stereocenters. The number of sulfonamides is 1. The molecule has 9 heteroatoms. The lowest BCUT2D eigenvalue weighted by Gasteiger charge is -2.11. The SMILES string of the molecule is COc1c(S(N)(=O)=O)ncc(C(F)F)c1I. The number of hydrogen-bond acceptors (Lipinski definition) is 4. The van der Waals surface area contributed by atoms with E-state index in [9.17, 15) is 17.2 Å². The van der Waals surface area contributed by atoms with Crippen molar-refractivity contribution in [3.8, 4) is 5.75 Å². The van der Waals surface area contributed by atoms with Crippen molar-refractivity contribution in [3.05, 3.63) is 15.3 Å². The topological polar surface area (TPSA) is 82.3 Å². The maximum atomic E-state index is 12.5. The first-order chi connectivity index (χ1) is 7.29. The molecule has 0 aliphatic rings. The van der Waals surface area contributed by atoms with E-state index in [1.807, 2.05) is 0 Å². The van der Waals surface area contributed by atoms with Crippen LogP contribution in [0.15, 0.2) is 11.2 Å². The zero-order chi connectivity index (χ0) is 12.5. The van der Waals surface area contributed by atoms with Crippen LogP contribution in [0.5, 0.6) is 5.75 Å². The fourth-order valence-corrected chi connectivity index (χ4v) is 2.68. The van der Waals surface area contributed by atoms with Gasteiger partial charge >= 0.3 is 0 Å². The van der Waals surface area contributed by atoms with Crippen LogP contribution in [-0.4, -0.2) is 20.5 Å². The van der Waals surface area contributed by atoms with Crippen molar-refractivity contribution in [2.24, 2.45) is 5.14 Å². The predicted molar refractivity (Wildman–Crippen MR) is 59.8 cm³/mol. The molecule has 1 aromatic rings. The molecule has 16 heavy (non-hydrogen) atoms. The van der Waals surface area contributed by atoms with Crippen LogP contribution in [0.2, 0.25) is 0 Å². The van der Waals surface area contributed by atoms with Crippen molar-refractivity contribution in [2.45, 2.75) is 11.5 Å². The number of aromatic nitrogens is 1. The second kappa shape index (κ2) is 4.75. The number of ether oxygens (including phenoxy) is 1. The minimum atomic E-state index is -4.10. The predicted octanol–water partition coefficient (Wildman–Crippen LogP) is 1.28. The first-order valence-electron chi connectivity index (χ1n) is 3.82. The van der Waals surface area contributed by atoms with Crippen molar-refractivity contribution in [1.82, 2.24) is 4.98 Å². The number of rotatable bonds is 3. The highest BCUT2D eigenvalue weighted by atomic mass is 127. The van der Waals surface area contributed by atoms with Crippen LogP contribution < -0.4 is 9.88 Å². The number of alkyl halides is 2. The van der Waals surface area contributed by atoms with E-state index in [-0.39, 0.29) is 9.32 Å². The van der Waals surface area contributed by atoms with Gasteiger partial charge in [0.2, 0.25) is 5.03 Å². The Balaban J connectivity index is 3.54. The Bertz CT molecular complexity index is 507. The van der Waals surface area contributed by atoms with Crippen molar-refractivity contribution < 1.29 is 21.9 Å². The summed E-state index contributed by atoms with van der Waals surface area (Å²) in [6.45, 7) is 0. The quantitative estimate of drug-likeness (QED) is 0.820. The molecule has 0 amide bonds. The van der Waals surface area contributed by atoms with Gasteiger partial charge in [0, 0.05) is 6.20 Å². The van der Waals surface area contributed by atoms with E-state index in [1.165, 1.54) is 0 Å². The van der Waals surface area contributed by atoms with Crippen LogP contribution in [0.4, 0.5) is 8.78 Å². The summed E-state index contributed by atoms with van der Waals surface area (Å²) >= 11 is 1.56. The van der Waals surface area contributed by atoms with Gasteiger partial charge in [0.25, 0.3) is 16.4 Å². The molecule has 0 saturated heterocycles. The summed E-state index contributed by atoms with van der Waals surface area (Å²) in [5.41, 5.74) is -0.398. The third-order valence-corrected chi connectivity index (χ3v) is 3.62. The van der Waals surface area contributed by atoms with Gasteiger partial charge < -0.3 is 4.74 Å². The Hall–Kier alpha value is -0.550. The smallest absolute Gasteiger partial charge is 0.266 e. The fraction of sp³-hybridized carbons (Fsp3) is 0.286. The molecule has 0 unspecified atom stereocenters. The molecule has 0 spiro atoms. The molecule has 1 aromatic heterocycles. The summed E-state index contributed by atoms with van der Waals surface area (Å²) in [7, 11) is -2.94. The van der Waals surface area contributed by atoms with Crippen LogP contribution in [-0.2, 0) is 10.0 Å². The lowest BCUT2D eigenvalue weighted by molar-refractivity contribution is 0.149. The molecular formula is C7H7F2IN2O3S. The third-order valence-electron chi connectivity index (χ3n) is 1.68. The van der Waals surface area contributed by atoms with E-state index >= 15 is 0 Å². The Morgan fingerprint density at radius 3 is 2.50 bits per heavy atom. The summed E-state index contributed by atoms with van der Waals surface area (Å²) in [6.07, 6.45) is -1.99. The van der Waals surface area contributed by atoms with Crippen molar-refractivity contribution in [1.29, 1.82) is 0 Å². The molecule has 2 N–H and O–H groups in total. The average molecular weight is 364 g/mol. The van der Waals surface area contributed by atoms with E-state index < -0.39 is 27.0 Å². The third kappa shape index (κ3) is 2.58. The van der Waals surface area contributed by atoms with Gasteiger partial charge in [0.1, 0.15) is 0 Å². The first-order valence-corrected chi connectivity index (χ1v) is 6.45. The van der Waals surface area contributed by atoms with Gasteiger partial charge in [-0.3, -0.25) is 0 Å². The molecule has 1 heterocycles. The number of nitrogens with zero attached hydrogens (tertiary/aromatic N) is 1. The Kier molecular flexibility index (Phi) is 4.02. The molecule has 1 rings (SSSR count). The minimum Gasteiger partial charge on any atom is -0.493 e. The van der Waals surface area contributed by atoms with Crippen molar-refractivity contribution in [2.75, 3.05) is 7.11 Å². The number of pyridine rings is 1. The largest absolute Gasteiger partial charge is 0.493 e. The van der Waals surface area contributed by atoms with Gasteiger partial charge in [-0.15, -0.1) is 0 Å². The van der Waals surface area contributed by atoms with Crippen molar-refractivity contribution in [3.63, 3.8) is 0 Å². The van der Waals surface area contributed by atoms with E-state index in [4.69, 9.17) is 9.88 Å². The van der Waals surface area contributed by atoms with Gasteiger partial charge in [0.15, 0.2) is 5.75 Å². The molecule has 5 nitrogen and oxygen atoms in total. The van der Waals surface area contributed by atoms with Crippen LogP contribution in [0, 0.1) is 3.57 Å². The van der Waals surface area contributed by atoms with Crippen molar-refractivity contribution >= 4 is 32.6 Å². The van der Waals surface area contributed by atoms with Crippen LogP contribution in [0.3, 0.4) is 0 Å². The average Bonchev–Trinajstić information content (AvgIpc) is 2.15. The van der Waals surface area contributed by atoms with Gasteiger partial charge in [-0.1, -0.05) is 0 Å². The van der Waals surface area contributed by atoms with E-state index in [0.29, 0.717) is 0 Å². The molecule has 0 aromatic carbocycles. The van der Waals surface area contributed by atoms with Gasteiger partial charge in [-0.25, -0.2) is 27.3 Å². The van der Waals surface area contributed by atoms with E-state index in [2.05, 4.69) is 4.98 Å². The van der Waals surface area contributed by atoms with Crippen LogP contribution >= 0.6 is 22.6 Å². The molecule has 0 aliphatic heterocycles. The number of methoxy groups -OCH3 is 1. The lowest BCUT2D eigenvalue weighted by atomic mass is 10.3. The maximum Gasteiger partial charge on any atom is 0.266 e. The van der Waals surface area contributed by atoms with E-state index in [1.54, 1.807) is 22.6 Å². The van der Waals surface area contributed by atoms with E-state index in [0.717, 1.165) is 13.3 Å². The van der Waals surface area contributed by atoms with Gasteiger partial charge in [0.05, 0.1) is 16.2 Å². The molecule has 0 bridgehead atoms. The molecule has 0 saturated carbocycles. The maximum absolute atomic E-state index is 12.5. The van der Waals surface area contributed by atoms with Crippen LogP contribution in [0.1, 0.15) is 12.0 Å². The monoisotopic (exact) mass is 364 g/mol. The summed E-state index contributed by atoms with van der Waals surface area (Å²) in [6, 6.07) is 0. The van der Waals surface area contributed by atoms with Gasteiger partial charge in [-0.05, 0) is 22.6 Å². The Morgan fingerprint density at radius 2 is 2.12 bits per heavy atom. The van der Waals surface area contributed by atoms with Gasteiger partial charge in [-0.2, -0.15) is 0 Å². The van der Waals surface area contributed by atoms with Crippen LogP contribution in [0.25, 0.3) is 0 Å². The number of nitrogens with two attached hydrogens (primary N) is 1. The molecule has 0 fully saturated rings. The minimum absolute atomic E-state index is 0.0193. The molecule has 90 valence electrons. The molecular weight excluding hydrogens is 357 g/mol. The highest BCUT2D eigenvalue weighted by Gasteiger charge is 2.24. The fourth-order valence-electron chi connectivity index (χ4n) is 1.00. The number of primary sulfonamides is 1. The lowest BCUT2D eigenvalue weighted by Crippen LogP contribution is -2.16. The number of halogens is 3. The normalized spacial score (nSPS) is 11.9. The zero-order valence-electron chi connectivity index (χ0n) is 7.95. The molecule has 0 radical (unpaired) electrons. The summed E-state index contributed by atoms with van der Waals surface area (Å²) in [4.78, 5) is 3.38. The summed E-state index contributed by atoms with van der Waals surface area (Å²) < 4.78 is 51.9. The Morgan fingerprint density at radius 1 is 1.56 bits per heavy atom. The highest BCUT2D eigenvalue weighted by molar-refractivity contribution is 14.1. The zero-order valence-corrected chi connectivity index (χ0v) is 10.9.